The first-order valence-electron chi connectivity index (χ1n) is 5.39. The zero-order valence-corrected chi connectivity index (χ0v) is 12.7. The molecule has 1 atom stereocenters. The summed E-state index contributed by atoms with van der Waals surface area (Å²) in [4.78, 5) is 4.00. The number of nitrogens with one attached hydrogen (secondary N) is 1. The maximum absolute atomic E-state index is 6.18. The molecule has 1 heterocycles. The molecule has 5 heteroatoms. The van der Waals surface area contributed by atoms with Crippen molar-refractivity contribution < 1.29 is 0 Å². The fourth-order valence-electron chi connectivity index (χ4n) is 1.63. The van der Waals surface area contributed by atoms with Gasteiger partial charge in [0, 0.05) is 22.9 Å². The molecular formula is C13H11BrCl2N2. The third-order valence-corrected chi connectivity index (χ3v) is 3.63. The number of hydrogen-bond acceptors (Lipinski definition) is 2. The Hall–Kier alpha value is -0.770. The van der Waals surface area contributed by atoms with Crippen molar-refractivity contribution in [1.82, 2.24) is 4.98 Å². The van der Waals surface area contributed by atoms with Gasteiger partial charge in [-0.25, -0.2) is 0 Å². The zero-order valence-electron chi connectivity index (χ0n) is 9.62. The standard InChI is InChI=1S/C13H11BrCl2N2/c1-8(9-2-4-17-5-3-9)18-13-11(15)6-10(14)7-12(13)16/h2-8,18H,1H3. The predicted octanol–water partition coefficient (Wildman–Crippen LogP) is 5.32. The second-order valence-electron chi connectivity index (χ2n) is 3.89. The zero-order chi connectivity index (χ0) is 13.1. The lowest BCUT2D eigenvalue weighted by Gasteiger charge is -2.18. The number of hydrogen-bond donors (Lipinski definition) is 1. The van der Waals surface area contributed by atoms with Crippen LogP contribution in [0.4, 0.5) is 5.69 Å². The molecule has 1 N–H and O–H groups in total. The third-order valence-electron chi connectivity index (χ3n) is 2.57. The van der Waals surface area contributed by atoms with Crippen molar-refractivity contribution in [3.63, 3.8) is 0 Å². The van der Waals surface area contributed by atoms with Gasteiger partial charge in [0.2, 0.25) is 0 Å². The molecule has 0 spiro atoms. The monoisotopic (exact) mass is 344 g/mol. The first-order chi connectivity index (χ1) is 8.58. The smallest absolute Gasteiger partial charge is 0.0724 e. The van der Waals surface area contributed by atoms with Crippen molar-refractivity contribution in [3.05, 3.63) is 56.7 Å². The Balaban J connectivity index is 2.25. The van der Waals surface area contributed by atoms with Gasteiger partial charge in [-0.15, -0.1) is 0 Å². The van der Waals surface area contributed by atoms with E-state index in [4.69, 9.17) is 23.2 Å². The van der Waals surface area contributed by atoms with E-state index in [1.165, 1.54) is 0 Å². The number of anilines is 1. The van der Waals surface area contributed by atoms with Gasteiger partial charge in [-0.05, 0) is 36.8 Å². The van der Waals surface area contributed by atoms with Crippen LogP contribution in [0.2, 0.25) is 10.0 Å². The molecule has 0 fully saturated rings. The Kier molecular flexibility index (Phi) is 4.49. The van der Waals surface area contributed by atoms with Crippen molar-refractivity contribution in [1.29, 1.82) is 0 Å². The van der Waals surface area contributed by atoms with Gasteiger partial charge in [0.1, 0.15) is 0 Å². The van der Waals surface area contributed by atoms with Crippen molar-refractivity contribution in [2.24, 2.45) is 0 Å². The van der Waals surface area contributed by atoms with E-state index in [2.05, 4.69) is 26.2 Å². The van der Waals surface area contributed by atoms with Gasteiger partial charge in [0.15, 0.2) is 0 Å². The van der Waals surface area contributed by atoms with Crippen molar-refractivity contribution in [2.45, 2.75) is 13.0 Å². The van der Waals surface area contributed by atoms with Crippen LogP contribution in [-0.4, -0.2) is 4.98 Å². The highest BCUT2D eigenvalue weighted by Gasteiger charge is 2.11. The van der Waals surface area contributed by atoms with E-state index in [-0.39, 0.29) is 6.04 Å². The van der Waals surface area contributed by atoms with E-state index >= 15 is 0 Å². The molecule has 0 amide bonds. The van der Waals surface area contributed by atoms with Crippen LogP contribution in [0, 0.1) is 0 Å². The summed E-state index contributed by atoms with van der Waals surface area (Å²) in [6, 6.07) is 7.64. The van der Waals surface area contributed by atoms with Crippen LogP contribution in [0.5, 0.6) is 0 Å². The minimum atomic E-state index is 0.101. The highest BCUT2D eigenvalue weighted by atomic mass is 79.9. The first-order valence-corrected chi connectivity index (χ1v) is 6.94. The highest BCUT2D eigenvalue weighted by Crippen LogP contribution is 2.35. The van der Waals surface area contributed by atoms with Crippen LogP contribution in [-0.2, 0) is 0 Å². The highest BCUT2D eigenvalue weighted by molar-refractivity contribution is 9.10. The maximum Gasteiger partial charge on any atom is 0.0724 e. The van der Waals surface area contributed by atoms with Gasteiger partial charge in [-0.3, -0.25) is 4.98 Å². The molecule has 0 saturated heterocycles. The predicted molar refractivity (Wildman–Crippen MR) is 80.4 cm³/mol. The fourth-order valence-corrected chi connectivity index (χ4v) is 2.95. The topological polar surface area (TPSA) is 24.9 Å². The number of aromatic nitrogens is 1. The Morgan fingerprint density at radius 2 is 1.72 bits per heavy atom. The van der Waals surface area contributed by atoms with Gasteiger partial charge in [-0.2, -0.15) is 0 Å². The summed E-state index contributed by atoms with van der Waals surface area (Å²) in [5.74, 6) is 0. The summed E-state index contributed by atoms with van der Waals surface area (Å²) >= 11 is 15.7. The van der Waals surface area contributed by atoms with E-state index in [1.807, 2.05) is 31.2 Å². The second-order valence-corrected chi connectivity index (χ2v) is 5.62. The molecule has 0 bridgehead atoms. The molecule has 94 valence electrons. The Morgan fingerprint density at radius 1 is 1.17 bits per heavy atom. The summed E-state index contributed by atoms with van der Waals surface area (Å²) in [6.45, 7) is 2.05. The van der Waals surface area contributed by atoms with E-state index in [9.17, 15) is 0 Å². The van der Waals surface area contributed by atoms with Crippen LogP contribution >= 0.6 is 39.1 Å². The summed E-state index contributed by atoms with van der Waals surface area (Å²) in [7, 11) is 0. The number of rotatable bonds is 3. The normalized spacial score (nSPS) is 12.2. The molecule has 0 aliphatic carbocycles. The van der Waals surface area contributed by atoms with Gasteiger partial charge < -0.3 is 5.32 Å². The van der Waals surface area contributed by atoms with Crippen molar-refractivity contribution in [3.8, 4) is 0 Å². The van der Waals surface area contributed by atoms with Gasteiger partial charge in [0.05, 0.1) is 15.7 Å². The van der Waals surface area contributed by atoms with E-state index in [1.54, 1.807) is 12.4 Å². The Morgan fingerprint density at radius 3 is 2.28 bits per heavy atom. The fraction of sp³-hybridized carbons (Fsp3) is 0.154. The van der Waals surface area contributed by atoms with E-state index in [0.29, 0.717) is 10.0 Å². The van der Waals surface area contributed by atoms with Crippen LogP contribution in [0.1, 0.15) is 18.5 Å². The van der Waals surface area contributed by atoms with Crippen molar-refractivity contribution >= 4 is 44.8 Å². The quantitative estimate of drug-likeness (QED) is 0.813. The minimum Gasteiger partial charge on any atom is -0.376 e. The van der Waals surface area contributed by atoms with E-state index < -0.39 is 0 Å². The maximum atomic E-state index is 6.18. The van der Waals surface area contributed by atoms with Crippen LogP contribution in [0.3, 0.4) is 0 Å². The van der Waals surface area contributed by atoms with Crippen LogP contribution in [0.15, 0.2) is 41.1 Å². The average molecular weight is 346 g/mol. The molecule has 2 rings (SSSR count). The second kappa shape index (κ2) is 5.91. The lowest BCUT2D eigenvalue weighted by molar-refractivity contribution is 0.881. The third kappa shape index (κ3) is 3.16. The molecule has 0 radical (unpaired) electrons. The molecule has 0 aliphatic rings. The number of pyridine rings is 1. The lowest BCUT2D eigenvalue weighted by Crippen LogP contribution is -2.07. The number of nitrogens with zero attached hydrogens (tertiary/aromatic N) is 1. The molecule has 2 nitrogen and oxygen atoms in total. The number of halogens is 3. The van der Waals surface area contributed by atoms with Crippen LogP contribution in [0.25, 0.3) is 0 Å². The molecule has 2 aromatic rings. The Labute approximate surface area is 124 Å². The van der Waals surface area contributed by atoms with Crippen LogP contribution < -0.4 is 5.32 Å². The summed E-state index contributed by atoms with van der Waals surface area (Å²) in [6.07, 6.45) is 3.52. The summed E-state index contributed by atoms with van der Waals surface area (Å²) in [5.41, 5.74) is 1.87. The largest absolute Gasteiger partial charge is 0.376 e. The average Bonchev–Trinajstić information content (AvgIpc) is 2.34. The first kappa shape index (κ1) is 13.7. The van der Waals surface area contributed by atoms with Gasteiger partial charge in [0.25, 0.3) is 0 Å². The molecule has 18 heavy (non-hydrogen) atoms. The lowest BCUT2D eigenvalue weighted by atomic mass is 10.1. The number of benzene rings is 1. The Bertz CT molecular complexity index is 523. The van der Waals surface area contributed by atoms with Gasteiger partial charge in [-0.1, -0.05) is 39.1 Å². The summed E-state index contributed by atoms with van der Waals surface area (Å²) in [5, 5.41) is 4.50. The molecule has 0 saturated carbocycles. The van der Waals surface area contributed by atoms with E-state index in [0.717, 1.165) is 15.7 Å². The minimum absolute atomic E-state index is 0.101. The molecule has 1 aromatic carbocycles. The van der Waals surface area contributed by atoms with Crippen molar-refractivity contribution in [2.75, 3.05) is 5.32 Å². The van der Waals surface area contributed by atoms with Gasteiger partial charge >= 0.3 is 0 Å². The SMILES string of the molecule is CC(Nc1c(Cl)cc(Br)cc1Cl)c1ccncc1. The molecule has 0 aliphatic heterocycles. The molecule has 1 aromatic heterocycles. The molecular weight excluding hydrogens is 335 g/mol. The summed E-state index contributed by atoms with van der Waals surface area (Å²) < 4.78 is 0.861. The molecule has 1 unspecified atom stereocenters.